The van der Waals surface area contributed by atoms with E-state index in [1.54, 1.807) is 24.0 Å². The maximum absolute atomic E-state index is 12.3. The van der Waals surface area contributed by atoms with Gasteiger partial charge in [0.05, 0.1) is 11.0 Å². The van der Waals surface area contributed by atoms with Crippen LogP contribution in [-0.4, -0.2) is 34.2 Å². The van der Waals surface area contributed by atoms with Gasteiger partial charge in [-0.05, 0) is 37.0 Å². The van der Waals surface area contributed by atoms with Crippen molar-refractivity contribution in [1.82, 2.24) is 4.90 Å². The van der Waals surface area contributed by atoms with Crippen molar-refractivity contribution in [2.24, 2.45) is 5.92 Å². The van der Waals surface area contributed by atoms with Crippen molar-refractivity contribution in [2.45, 2.75) is 39.3 Å². The molecule has 1 aromatic carbocycles. The van der Waals surface area contributed by atoms with Gasteiger partial charge in [0.25, 0.3) is 5.69 Å². The number of benzene rings is 1. The van der Waals surface area contributed by atoms with Crippen molar-refractivity contribution in [3.05, 3.63) is 39.9 Å². The molecule has 2 atom stereocenters. The van der Waals surface area contributed by atoms with Gasteiger partial charge in [0.1, 0.15) is 6.61 Å². The zero-order valence-electron chi connectivity index (χ0n) is 13.3. The van der Waals surface area contributed by atoms with Gasteiger partial charge < -0.3 is 10.1 Å². The van der Waals surface area contributed by atoms with E-state index in [9.17, 15) is 14.9 Å². The Kier molecular flexibility index (Phi) is 5.31. The number of hydrogen-bond acceptors (Lipinski definition) is 5. The lowest BCUT2D eigenvalue weighted by molar-refractivity contribution is -0.384. The molecule has 1 N–H and O–H groups in total. The number of nitro groups is 1. The summed E-state index contributed by atoms with van der Waals surface area (Å²) in [7, 11) is 0. The zero-order valence-corrected chi connectivity index (χ0v) is 13.3. The van der Waals surface area contributed by atoms with Gasteiger partial charge in [0.2, 0.25) is 0 Å². The largest absolute Gasteiger partial charge is 0.445 e. The number of carbonyl (C=O) groups excluding carboxylic acids is 1. The lowest BCUT2D eigenvalue weighted by Gasteiger charge is -2.26. The van der Waals surface area contributed by atoms with E-state index in [2.05, 4.69) is 6.92 Å². The molecule has 0 spiro atoms. The molecule has 1 heterocycles. The summed E-state index contributed by atoms with van der Waals surface area (Å²) in [6, 6.07) is 5.73. The highest BCUT2D eigenvalue weighted by molar-refractivity contribution is 5.88. The Morgan fingerprint density at radius 2 is 2.09 bits per heavy atom. The van der Waals surface area contributed by atoms with E-state index in [0.29, 0.717) is 23.7 Å². The molecule has 0 aromatic heterocycles. The summed E-state index contributed by atoms with van der Waals surface area (Å²) < 4.78 is 5.31. The summed E-state index contributed by atoms with van der Waals surface area (Å²) in [5.41, 5.74) is 1.17. The fraction of sp³-hybridized carbons (Fsp3) is 0.500. The van der Waals surface area contributed by atoms with Crippen LogP contribution in [0.15, 0.2) is 24.3 Å². The average Bonchev–Trinajstić information content (AvgIpc) is 2.97. The molecule has 23 heavy (non-hydrogen) atoms. The third-order valence-electron chi connectivity index (χ3n) is 4.24. The summed E-state index contributed by atoms with van der Waals surface area (Å²) in [6.45, 7) is 4.44. The topological polar surface area (TPSA) is 96.5 Å². The number of likely N-dealkylation sites (tertiary alicyclic amines) is 1. The lowest BCUT2D eigenvalue weighted by Crippen LogP contribution is -2.42. The molecule has 1 aliphatic rings. The molecule has 2 unspecified atom stereocenters. The molecule has 1 fully saturated rings. The second kappa shape index (κ2) is 7.21. The highest BCUT2D eigenvalue weighted by Gasteiger charge is 2.38. The van der Waals surface area contributed by atoms with Crippen LogP contribution in [0.1, 0.15) is 32.3 Å². The molecule has 0 aliphatic carbocycles. The molecule has 0 bridgehead atoms. The summed E-state index contributed by atoms with van der Waals surface area (Å²) >= 11 is 0. The van der Waals surface area contributed by atoms with E-state index in [1.807, 2.05) is 0 Å². The van der Waals surface area contributed by atoms with Crippen molar-refractivity contribution in [3.8, 4) is 0 Å². The van der Waals surface area contributed by atoms with E-state index in [4.69, 9.17) is 10.1 Å². The van der Waals surface area contributed by atoms with Gasteiger partial charge in [-0.2, -0.15) is 0 Å². The normalized spacial score (nSPS) is 20.3. The molecule has 1 amide bonds. The summed E-state index contributed by atoms with van der Waals surface area (Å²) in [6.07, 6.45) is 1.37. The van der Waals surface area contributed by atoms with Crippen LogP contribution >= 0.6 is 0 Å². The maximum atomic E-state index is 12.3. The van der Waals surface area contributed by atoms with Crippen LogP contribution in [0.25, 0.3) is 0 Å². The van der Waals surface area contributed by atoms with Crippen molar-refractivity contribution >= 4 is 17.5 Å². The number of carbonyl (C=O) groups is 1. The van der Waals surface area contributed by atoms with Gasteiger partial charge >= 0.3 is 6.09 Å². The summed E-state index contributed by atoms with van der Waals surface area (Å²) in [4.78, 5) is 24.0. The summed E-state index contributed by atoms with van der Waals surface area (Å²) in [5, 5.41) is 18.5. The minimum Gasteiger partial charge on any atom is -0.445 e. The molecule has 124 valence electrons. The van der Waals surface area contributed by atoms with Gasteiger partial charge in [0.15, 0.2) is 0 Å². The molecular formula is C16H21N3O4. The van der Waals surface area contributed by atoms with Crippen molar-refractivity contribution in [2.75, 3.05) is 6.54 Å². The van der Waals surface area contributed by atoms with Gasteiger partial charge in [-0.1, -0.05) is 13.3 Å². The lowest BCUT2D eigenvalue weighted by atomic mass is 9.94. The summed E-state index contributed by atoms with van der Waals surface area (Å²) in [5.74, 6) is 0.305. The van der Waals surface area contributed by atoms with Crippen LogP contribution in [0.4, 0.5) is 10.5 Å². The van der Waals surface area contributed by atoms with E-state index in [0.717, 1.165) is 12.8 Å². The molecule has 2 rings (SSSR count). The first-order valence-electron chi connectivity index (χ1n) is 7.65. The Morgan fingerprint density at radius 1 is 1.43 bits per heavy atom. The van der Waals surface area contributed by atoms with Crippen LogP contribution in [0.5, 0.6) is 0 Å². The third kappa shape index (κ3) is 3.85. The minimum absolute atomic E-state index is 0.00454. The third-order valence-corrected chi connectivity index (χ3v) is 4.24. The maximum Gasteiger partial charge on any atom is 0.410 e. The van der Waals surface area contributed by atoms with Crippen molar-refractivity contribution < 1.29 is 14.5 Å². The average molecular weight is 319 g/mol. The van der Waals surface area contributed by atoms with Crippen LogP contribution in [0.2, 0.25) is 0 Å². The highest BCUT2D eigenvalue weighted by atomic mass is 16.6. The fourth-order valence-corrected chi connectivity index (χ4v) is 3.02. The number of rotatable bonds is 5. The van der Waals surface area contributed by atoms with E-state index < -0.39 is 11.0 Å². The zero-order chi connectivity index (χ0) is 17.0. The Bertz CT molecular complexity index is 600. The number of nitro benzene ring substituents is 1. The Morgan fingerprint density at radius 3 is 2.61 bits per heavy atom. The minimum atomic E-state index is -0.470. The predicted molar refractivity (Wildman–Crippen MR) is 85.6 cm³/mol. The number of nitrogens with one attached hydrogen (secondary N) is 1. The molecule has 1 saturated heterocycles. The number of non-ortho nitro benzene ring substituents is 1. The number of nitrogens with zero attached hydrogens (tertiary/aromatic N) is 2. The second-order valence-electron chi connectivity index (χ2n) is 5.76. The van der Waals surface area contributed by atoms with Crippen molar-refractivity contribution in [3.63, 3.8) is 0 Å². The first kappa shape index (κ1) is 16.9. The highest BCUT2D eigenvalue weighted by Crippen LogP contribution is 2.28. The Labute approximate surface area is 134 Å². The SMILES string of the molecule is CCC1CCN(C(=O)OCc2ccc([N+](=O)[O-])cc2)C1C(C)=N. The smallest absolute Gasteiger partial charge is 0.410 e. The first-order valence-corrected chi connectivity index (χ1v) is 7.65. The quantitative estimate of drug-likeness (QED) is 0.511. The number of ether oxygens (including phenoxy) is 1. The monoisotopic (exact) mass is 319 g/mol. The van der Waals surface area contributed by atoms with Gasteiger partial charge in [-0.15, -0.1) is 0 Å². The molecule has 1 aliphatic heterocycles. The fourth-order valence-electron chi connectivity index (χ4n) is 3.02. The number of amides is 1. The predicted octanol–water partition coefficient (Wildman–Crippen LogP) is 3.37. The van der Waals surface area contributed by atoms with E-state index in [-0.39, 0.29) is 18.3 Å². The number of hydrogen-bond donors (Lipinski definition) is 1. The van der Waals surface area contributed by atoms with Gasteiger partial charge in [-0.25, -0.2) is 4.79 Å². The van der Waals surface area contributed by atoms with Crippen molar-refractivity contribution in [1.29, 1.82) is 5.41 Å². The van der Waals surface area contributed by atoms with E-state index in [1.165, 1.54) is 12.1 Å². The molecule has 0 saturated carbocycles. The molecular weight excluding hydrogens is 298 g/mol. The van der Waals surface area contributed by atoms with Crippen LogP contribution in [-0.2, 0) is 11.3 Å². The molecule has 7 nitrogen and oxygen atoms in total. The van der Waals surface area contributed by atoms with Crippen LogP contribution < -0.4 is 0 Å². The Hall–Kier alpha value is -2.44. The van der Waals surface area contributed by atoms with Gasteiger partial charge in [-0.3, -0.25) is 15.0 Å². The van der Waals surface area contributed by atoms with Crippen LogP contribution in [0, 0.1) is 21.4 Å². The first-order chi connectivity index (χ1) is 10.9. The van der Waals surface area contributed by atoms with Gasteiger partial charge in [0, 0.05) is 24.4 Å². The van der Waals surface area contributed by atoms with Crippen LogP contribution in [0.3, 0.4) is 0 Å². The standard InChI is InChI=1S/C16H21N3O4/c1-3-13-8-9-18(15(13)11(2)17)16(20)23-10-12-4-6-14(7-5-12)19(21)22/h4-7,13,15,17H,3,8-10H2,1-2H3. The molecule has 0 radical (unpaired) electrons. The second-order valence-corrected chi connectivity index (χ2v) is 5.76. The Balaban J connectivity index is 1.96. The molecule has 7 heteroatoms. The van der Waals surface area contributed by atoms with E-state index >= 15 is 0 Å². The molecule has 1 aromatic rings.